The van der Waals surface area contributed by atoms with Gasteiger partial charge in [0.2, 0.25) is 11.7 Å². The number of hydrogen-bond acceptors (Lipinski definition) is 5. The topological polar surface area (TPSA) is 81.3 Å². The molecule has 0 aliphatic rings. The van der Waals surface area contributed by atoms with Crippen molar-refractivity contribution in [2.45, 2.75) is 18.6 Å². The molecule has 1 N–H and O–H groups in total. The number of fused-ring (bicyclic) bond motifs is 3. The number of amides is 1. The number of thioether (sulfide) groups is 1. The van der Waals surface area contributed by atoms with Gasteiger partial charge in [-0.2, -0.15) is 0 Å². The molecule has 2 aromatic heterocycles. The SMILES string of the molecule is C=CCn1c(=O)c2ccccc2n2c(SCC(=O)Nc3ccc(Br)c(C)c3)nnc12. The summed E-state index contributed by atoms with van der Waals surface area (Å²) in [5.41, 5.74) is 2.33. The number of hydrogen-bond donors (Lipinski definition) is 1. The van der Waals surface area contributed by atoms with Gasteiger partial charge in [0.05, 0.1) is 16.7 Å². The maximum Gasteiger partial charge on any atom is 0.263 e. The van der Waals surface area contributed by atoms with E-state index in [-0.39, 0.29) is 17.2 Å². The maximum atomic E-state index is 12.8. The van der Waals surface area contributed by atoms with Gasteiger partial charge >= 0.3 is 0 Å². The first-order chi connectivity index (χ1) is 14.5. The van der Waals surface area contributed by atoms with Crippen LogP contribution in [0.1, 0.15) is 5.56 Å². The highest BCUT2D eigenvalue weighted by atomic mass is 79.9. The highest BCUT2D eigenvalue weighted by molar-refractivity contribution is 9.10. The van der Waals surface area contributed by atoms with E-state index < -0.39 is 0 Å². The summed E-state index contributed by atoms with van der Waals surface area (Å²) in [6, 6.07) is 12.9. The average molecular weight is 484 g/mol. The minimum Gasteiger partial charge on any atom is -0.325 e. The number of anilines is 1. The van der Waals surface area contributed by atoms with Crippen LogP contribution < -0.4 is 10.9 Å². The van der Waals surface area contributed by atoms with E-state index in [9.17, 15) is 9.59 Å². The lowest BCUT2D eigenvalue weighted by Crippen LogP contribution is -2.22. The summed E-state index contributed by atoms with van der Waals surface area (Å²) in [4.78, 5) is 25.3. The zero-order valence-electron chi connectivity index (χ0n) is 16.1. The van der Waals surface area contributed by atoms with E-state index in [2.05, 4.69) is 38.0 Å². The van der Waals surface area contributed by atoms with Crippen molar-refractivity contribution in [2.75, 3.05) is 11.1 Å². The first kappa shape index (κ1) is 20.4. The Bertz CT molecular complexity index is 1340. The molecule has 0 radical (unpaired) electrons. The van der Waals surface area contributed by atoms with E-state index in [1.165, 1.54) is 16.3 Å². The second-order valence-corrected chi connectivity index (χ2v) is 8.44. The van der Waals surface area contributed by atoms with Gasteiger partial charge in [-0.15, -0.1) is 16.8 Å². The standard InChI is InChI=1S/C21H18BrN5O2S/c1-3-10-26-19(29)15-6-4-5-7-17(15)27-20(26)24-25-21(27)30-12-18(28)23-14-8-9-16(22)13(2)11-14/h3-9,11H,1,10,12H2,2H3,(H,23,28). The second-order valence-electron chi connectivity index (χ2n) is 6.64. The largest absolute Gasteiger partial charge is 0.325 e. The van der Waals surface area contributed by atoms with Gasteiger partial charge in [-0.05, 0) is 42.8 Å². The number of benzene rings is 2. The molecular formula is C21H18BrN5O2S. The Morgan fingerprint density at radius 1 is 1.27 bits per heavy atom. The predicted octanol–water partition coefficient (Wildman–Crippen LogP) is 4.03. The van der Waals surface area contributed by atoms with Gasteiger partial charge in [0.1, 0.15) is 0 Å². The number of aryl methyl sites for hydroxylation is 1. The van der Waals surface area contributed by atoms with E-state index >= 15 is 0 Å². The molecule has 4 aromatic rings. The lowest BCUT2D eigenvalue weighted by Gasteiger charge is -2.10. The second kappa shape index (κ2) is 8.45. The molecule has 0 fully saturated rings. The lowest BCUT2D eigenvalue weighted by atomic mass is 10.2. The fourth-order valence-corrected chi connectivity index (χ4v) is 4.16. The summed E-state index contributed by atoms with van der Waals surface area (Å²) < 4.78 is 4.32. The fourth-order valence-electron chi connectivity index (χ4n) is 3.17. The first-order valence-electron chi connectivity index (χ1n) is 9.16. The highest BCUT2D eigenvalue weighted by Crippen LogP contribution is 2.23. The van der Waals surface area contributed by atoms with Crippen LogP contribution in [0.25, 0.3) is 16.7 Å². The Labute approximate surface area is 184 Å². The van der Waals surface area contributed by atoms with Crippen LogP contribution in [-0.2, 0) is 11.3 Å². The molecule has 0 spiro atoms. The summed E-state index contributed by atoms with van der Waals surface area (Å²) in [5.74, 6) is 0.428. The third-order valence-electron chi connectivity index (χ3n) is 4.56. The van der Waals surface area contributed by atoms with E-state index in [0.717, 1.165) is 15.7 Å². The van der Waals surface area contributed by atoms with Gasteiger partial charge in [0.15, 0.2) is 5.16 Å². The Balaban J connectivity index is 1.65. The molecule has 2 heterocycles. The summed E-state index contributed by atoms with van der Waals surface area (Å²) in [5, 5.41) is 12.4. The highest BCUT2D eigenvalue weighted by Gasteiger charge is 2.17. The van der Waals surface area contributed by atoms with Crippen LogP contribution in [0, 0.1) is 6.92 Å². The van der Waals surface area contributed by atoms with Crippen molar-refractivity contribution in [3.05, 3.63) is 75.5 Å². The van der Waals surface area contributed by atoms with Crippen molar-refractivity contribution in [3.8, 4) is 0 Å². The zero-order chi connectivity index (χ0) is 21.3. The summed E-state index contributed by atoms with van der Waals surface area (Å²) >= 11 is 4.72. The van der Waals surface area contributed by atoms with Crippen LogP contribution in [0.2, 0.25) is 0 Å². The molecule has 152 valence electrons. The van der Waals surface area contributed by atoms with Gasteiger partial charge in [0, 0.05) is 16.7 Å². The van der Waals surface area contributed by atoms with Crippen molar-refractivity contribution in [3.63, 3.8) is 0 Å². The quantitative estimate of drug-likeness (QED) is 0.330. The maximum absolute atomic E-state index is 12.8. The van der Waals surface area contributed by atoms with Crippen molar-refractivity contribution in [2.24, 2.45) is 0 Å². The summed E-state index contributed by atoms with van der Waals surface area (Å²) in [6.07, 6.45) is 1.64. The molecule has 0 aliphatic heterocycles. The number of nitrogens with zero attached hydrogens (tertiary/aromatic N) is 4. The molecule has 1 amide bonds. The molecule has 0 bridgehead atoms. The van der Waals surface area contributed by atoms with Crippen LogP contribution in [0.15, 0.2) is 69.5 Å². The van der Waals surface area contributed by atoms with Gasteiger partial charge in [-0.3, -0.25) is 18.6 Å². The number of aromatic nitrogens is 4. The summed E-state index contributed by atoms with van der Waals surface area (Å²) in [6.45, 7) is 6.01. The van der Waals surface area contributed by atoms with Crippen LogP contribution >= 0.6 is 27.7 Å². The number of allylic oxidation sites excluding steroid dienone is 1. The first-order valence-corrected chi connectivity index (χ1v) is 10.9. The van der Waals surface area contributed by atoms with Crippen molar-refractivity contribution >= 4 is 56.0 Å². The minimum absolute atomic E-state index is 0.148. The Kier molecular flexibility index (Phi) is 5.74. The fraction of sp³-hybridized carbons (Fsp3) is 0.143. The molecule has 9 heteroatoms. The molecule has 7 nitrogen and oxygen atoms in total. The minimum atomic E-state index is -0.151. The third-order valence-corrected chi connectivity index (χ3v) is 6.38. The molecule has 0 saturated heterocycles. The molecular weight excluding hydrogens is 466 g/mol. The number of rotatable bonds is 6. The Morgan fingerprint density at radius 3 is 2.83 bits per heavy atom. The molecule has 0 aliphatic carbocycles. The smallest absolute Gasteiger partial charge is 0.263 e. The Morgan fingerprint density at radius 2 is 2.07 bits per heavy atom. The van der Waals surface area contributed by atoms with Gasteiger partial charge in [-0.25, -0.2) is 0 Å². The van der Waals surface area contributed by atoms with Crippen LogP contribution in [0.3, 0.4) is 0 Å². The predicted molar refractivity (Wildman–Crippen MR) is 123 cm³/mol. The van der Waals surface area contributed by atoms with Crippen molar-refractivity contribution in [1.29, 1.82) is 0 Å². The normalized spacial score (nSPS) is 11.1. The molecule has 0 atom stereocenters. The zero-order valence-corrected chi connectivity index (χ0v) is 18.5. The van der Waals surface area contributed by atoms with Crippen LogP contribution in [0.4, 0.5) is 5.69 Å². The number of carbonyl (C=O) groups excluding carboxylic acids is 1. The number of para-hydroxylation sites is 1. The lowest BCUT2D eigenvalue weighted by molar-refractivity contribution is -0.113. The summed E-state index contributed by atoms with van der Waals surface area (Å²) in [7, 11) is 0. The van der Waals surface area contributed by atoms with Gasteiger partial charge in [0.25, 0.3) is 5.56 Å². The molecule has 0 saturated carbocycles. The van der Waals surface area contributed by atoms with Crippen molar-refractivity contribution < 1.29 is 4.79 Å². The molecule has 30 heavy (non-hydrogen) atoms. The number of nitrogens with one attached hydrogen (secondary N) is 1. The van der Waals surface area contributed by atoms with E-state index in [1.54, 1.807) is 12.1 Å². The van der Waals surface area contributed by atoms with Crippen LogP contribution in [0.5, 0.6) is 0 Å². The van der Waals surface area contributed by atoms with E-state index in [0.29, 0.717) is 28.4 Å². The van der Waals surface area contributed by atoms with E-state index in [4.69, 9.17) is 0 Å². The molecule has 2 aromatic carbocycles. The third kappa shape index (κ3) is 3.78. The number of halogens is 1. The van der Waals surface area contributed by atoms with Gasteiger partial charge in [-0.1, -0.05) is 45.9 Å². The molecule has 4 rings (SSSR count). The number of carbonyl (C=O) groups is 1. The van der Waals surface area contributed by atoms with Crippen LogP contribution in [-0.4, -0.2) is 30.8 Å². The average Bonchev–Trinajstić information content (AvgIpc) is 3.16. The van der Waals surface area contributed by atoms with Crippen molar-refractivity contribution in [1.82, 2.24) is 19.2 Å². The monoisotopic (exact) mass is 483 g/mol. The van der Waals surface area contributed by atoms with E-state index in [1.807, 2.05) is 47.7 Å². The Hall–Kier alpha value is -2.91. The van der Waals surface area contributed by atoms with Gasteiger partial charge < -0.3 is 5.32 Å². The molecule has 0 unspecified atom stereocenters.